The quantitative estimate of drug-likeness (QED) is 0.763. The lowest BCUT2D eigenvalue weighted by Gasteiger charge is -2.25. The average Bonchev–Trinajstić information content (AvgIpc) is 2.42. The lowest BCUT2D eigenvalue weighted by atomic mass is 10.4. The van der Waals surface area contributed by atoms with Gasteiger partial charge in [-0.05, 0) is 34.2 Å². The lowest BCUT2D eigenvalue weighted by Crippen LogP contribution is -2.43. The van der Waals surface area contributed by atoms with Crippen molar-refractivity contribution < 1.29 is 1.43 Å². The summed E-state index contributed by atoms with van der Waals surface area (Å²) in [6.45, 7) is 20.2. The molecule has 1 heterocycles. The van der Waals surface area contributed by atoms with Crippen LogP contribution >= 0.6 is 0 Å². The number of hydrogen-bond acceptors (Lipinski definition) is 3. The van der Waals surface area contributed by atoms with E-state index in [1.165, 1.54) is 32.7 Å². The van der Waals surface area contributed by atoms with Crippen molar-refractivity contribution >= 4 is 5.71 Å². The summed E-state index contributed by atoms with van der Waals surface area (Å²) in [6, 6.07) is 0. The summed E-state index contributed by atoms with van der Waals surface area (Å²) < 4.78 is 0. The molecule has 19 heavy (non-hydrogen) atoms. The molecule has 118 valence electrons. The Bertz CT molecular complexity index is 228. The monoisotopic (exact) mass is 273 g/mol. The molecule has 0 bridgehead atoms. The molecule has 3 heteroatoms. The Hall–Kier alpha value is -0.670. The van der Waals surface area contributed by atoms with E-state index in [2.05, 4.69) is 22.1 Å². The normalized spacial score (nSPS) is 15.0. The van der Waals surface area contributed by atoms with Gasteiger partial charge >= 0.3 is 0 Å². The summed E-state index contributed by atoms with van der Waals surface area (Å²) in [4.78, 5) is 6.63. The van der Waals surface area contributed by atoms with Crippen molar-refractivity contribution in [3.05, 3.63) is 11.8 Å². The molecule has 0 aromatic rings. The Labute approximate surface area is 123 Å². The van der Waals surface area contributed by atoms with Gasteiger partial charge in [-0.3, -0.25) is 4.99 Å². The standard InChI is InChI=1S/C7H13N.C6H14N2.C2H6.CH4.H2/c1-5-7(4)8-6(2)3;1-2-8-5-3-7-4-6-8;1-2;;/h5H,1-4H3;7H,2-6H2,1H3;1-2H3;1H4;1H/b7-5-;;;;. The Morgan fingerprint density at radius 1 is 1.21 bits per heavy atom. The summed E-state index contributed by atoms with van der Waals surface area (Å²) in [6.07, 6.45) is 1.99. The fraction of sp³-hybridized carbons (Fsp3) is 0.812. The minimum atomic E-state index is 0. The molecule has 1 rings (SSSR count). The second-order valence-corrected chi connectivity index (χ2v) is 4.17. The van der Waals surface area contributed by atoms with Crippen molar-refractivity contribution in [2.24, 2.45) is 4.99 Å². The van der Waals surface area contributed by atoms with E-state index < -0.39 is 0 Å². The van der Waals surface area contributed by atoms with E-state index in [4.69, 9.17) is 0 Å². The van der Waals surface area contributed by atoms with Crippen molar-refractivity contribution in [3.8, 4) is 0 Å². The molecule has 3 nitrogen and oxygen atoms in total. The third kappa shape index (κ3) is 17.3. The first kappa shape index (κ1) is 23.4. The highest BCUT2D eigenvalue weighted by Crippen LogP contribution is 1.93. The van der Waals surface area contributed by atoms with Gasteiger partial charge in [0.1, 0.15) is 0 Å². The van der Waals surface area contributed by atoms with E-state index in [1.54, 1.807) is 0 Å². The molecule has 1 saturated heterocycles. The Morgan fingerprint density at radius 2 is 1.68 bits per heavy atom. The van der Waals surface area contributed by atoms with Gasteiger partial charge in [0.05, 0.1) is 0 Å². The number of nitrogens with zero attached hydrogens (tertiary/aromatic N) is 2. The minimum absolute atomic E-state index is 0. The zero-order valence-corrected chi connectivity index (χ0v) is 13.5. The number of nitrogens with one attached hydrogen (secondary N) is 1. The predicted molar refractivity (Wildman–Crippen MR) is 93.4 cm³/mol. The Kier molecular flexibility index (Phi) is 21.4. The molecule has 1 aliphatic heterocycles. The zero-order valence-electron chi connectivity index (χ0n) is 13.5. The highest BCUT2D eigenvalue weighted by molar-refractivity contribution is 5.80. The number of piperazine rings is 1. The van der Waals surface area contributed by atoms with E-state index in [0.717, 1.165) is 11.4 Å². The van der Waals surface area contributed by atoms with Crippen LogP contribution in [0.3, 0.4) is 0 Å². The van der Waals surface area contributed by atoms with Crippen molar-refractivity contribution in [1.29, 1.82) is 0 Å². The third-order valence-electron chi connectivity index (χ3n) is 2.47. The molecular weight excluding hydrogens is 234 g/mol. The van der Waals surface area contributed by atoms with E-state index in [-0.39, 0.29) is 8.85 Å². The van der Waals surface area contributed by atoms with Crippen LogP contribution in [0.5, 0.6) is 0 Å². The first-order valence-corrected chi connectivity index (χ1v) is 7.18. The van der Waals surface area contributed by atoms with Gasteiger partial charge in [-0.2, -0.15) is 0 Å². The summed E-state index contributed by atoms with van der Waals surface area (Å²) in [7, 11) is 0. The minimum Gasteiger partial charge on any atom is -0.314 e. The first-order valence-electron chi connectivity index (χ1n) is 7.18. The van der Waals surface area contributed by atoms with E-state index >= 15 is 0 Å². The second-order valence-electron chi connectivity index (χ2n) is 4.17. The lowest BCUT2D eigenvalue weighted by molar-refractivity contribution is 0.253. The smallest absolute Gasteiger partial charge is 0.0329 e. The first-order chi connectivity index (χ1) is 8.60. The fourth-order valence-corrected chi connectivity index (χ4v) is 1.44. The van der Waals surface area contributed by atoms with Crippen LogP contribution in [0.4, 0.5) is 0 Å². The van der Waals surface area contributed by atoms with E-state index in [1.807, 2.05) is 47.6 Å². The van der Waals surface area contributed by atoms with Crippen LogP contribution in [0.1, 0.15) is 57.3 Å². The molecule has 0 unspecified atom stereocenters. The fourth-order valence-electron chi connectivity index (χ4n) is 1.44. The highest BCUT2D eigenvalue weighted by Gasteiger charge is 2.04. The maximum absolute atomic E-state index is 4.17. The average molecular weight is 274 g/mol. The molecule has 0 spiro atoms. The van der Waals surface area contributed by atoms with Crippen molar-refractivity contribution in [2.45, 2.75) is 55.9 Å². The molecule has 0 aliphatic carbocycles. The maximum Gasteiger partial charge on any atom is 0.0329 e. The van der Waals surface area contributed by atoms with Crippen molar-refractivity contribution in [1.82, 2.24) is 10.2 Å². The van der Waals surface area contributed by atoms with Crippen LogP contribution in [0, 0.1) is 0 Å². The molecule has 1 N–H and O–H groups in total. The van der Waals surface area contributed by atoms with Crippen molar-refractivity contribution in [2.75, 3.05) is 32.7 Å². The van der Waals surface area contributed by atoms with E-state index in [0.29, 0.717) is 0 Å². The topological polar surface area (TPSA) is 27.6 Å². The van der Waals surface area contributed by atoms with Gasteiger partial charge < -0.3 is 10.2 Å². The zero-order chi connectivity index (χ0) is 14.4. The number of allylic oxidation sites excluding steroid dienone is 2. The van der Waals surface area contributed by atoms with Gasteiger partial charge in [0.15, 0.2) is 0 Å². The van der Waals surface area contributed by atoms with Crippen LogP contribution in [-0.4, -0.2) is 43.3 Å². The maximum atomic E-state index is 4.17. The Balaban J connectivity index is -0.000000104. The third-order valence-corrected chi connectivity index (χ3v) is 2.47. The summed E-state index contributed by atoms with van der Waals surface area (Å²) in [5.41, 5.74) is 2.20. The van der Waals surface area contributed by atoms with Crippen LogP contribution in [-0.2, 0) is 0 Å². The number of hydrogen-bond donors (Lipinski definition) is 1. The van der Waals surface area contributed by atoms with Gasteiger partial charge in [0.25, 0.3) is 0 Å². The summed E-state index contributed by atoms with van der Waals surface area (Å²) >= 11 is 0. The van der Waals surface area contributed by atoms with Crippen LogP contribution in [0.25, 0.3) is 0 Å². The van der Waals surface area contributed by atoms with Gasteiger partial charge in [-0.15, -0.1) is 0 Å². The molecule has 0 saturated carbocycles. The van der Waals surface area contributed by atoms with Crippen LogP contribution in [0.2, 0.25) is 0 Å². The summed E-state index contributed by atoms with van der Waals surface area (Å²) in [5.74, 6) is 0. The Morgan fingerprint density at radius 3 is 1.89 bits per heavy atom. The second kappa shape index (κ2) is 17.3. The molecule has 0 radical (unpaired) electrons. The van der Waals surface area contributed by atoms with Gasteiger partial charge in [0, 0.05) is 39.0 Å². The SMILES string of the molecule is C.C/C=C(/C)N=C(C)C.CC.CCN1CCNCC1.[HH]. The summed E-state index contributed by atoms with van der Waals surface area (Å²) in [5, 5.41) is 3.31. The van der Waals surface area contributed by atoms with Crippen LogP contribution < -0.4 is 5.32 Å². The molecule has 0 amide bonds. The molecule has 1 aliphatic rings. The van der Waals surface area contributed by atoms with Gasteiger partial charge in [-0.1, -0.05) is 34.3 Å². The van der Waals surface area contributed by atoms with E-state index in [9.17, 15) is 0 Å². The number of aliphatic imine (C=N–C) groups is 1. The molecule has 0 aromatic carbocycles. The number of rotatable bonds is 2. The van der Waals surface area contributed by atoms with Crippen LogP contribution in [0.15, 0.2) is 16.8 Å². The van der Waals surface area contributed by atoms with Crippen molar-refractivity contribution in [3.63, 3.8) is 0 Å². The highest BCUT2D eigenvalue weighted by atomic mass is 15.2. The van der Waals surface area contributed by atoms with Gasteiger partial charge in [0.2, 0.25) is 0 Å². The molecule has 1 fully saturated rings. The predicted octanol–water partition coefficient (Wildman–Crippen LogP) is 4.21. The number of likely N-dealkylation sites (N-methyl/N-ethyl adjacent to an activating group) is 1. The largest absolute Gasteiger partial charge is 0.314 e. The van der Waals surface area contributed by atoms with Gasteiger partial charge in [-0.25, -0.2) is 0 Å². The molecule has 0 aromatic heterocycles. The molecular formula is C16H39N3. The molecule has 0 atom stereocenters.